The topological polar surface area (TPSA) is 71.8 Å². The molecule has 0 saturated heterocycles. The molecule has 152 valence electrons. The normalized spacial score (nSPS) is 16.7. The summed E-state index contributed by atoms with van der Waals surface area (Å²) in [5, 5.41) is 3.91. The number of ether oxygens (including phenoxy) is 1. The lowest BCUT2D eigenvalue weighted by Gasteiger charge is -2.39. The van der Waals surface area contributed by atoms with Crippen molar-refractivity contribution in [1.82, 2.24) is 10.2 Å². The molecule has 0 spiro atoms. The number of hydrogen-bond donors (Lipinski definition) is 1. The second kappa shape index (κ2) is 8.78. The number of benzene rings is 1. The van der Waals surface area contributed by atoms with Gasteiger partial charge in [-0.2, -0.15) is 0 Å². The molecule has 2 aromatic rings. The molecule has 28 heavy (non-hydrogen) atoms. The number of fused-ring (bicyclic) bond motifs is 1. The summed E-state index contributed by atoms with van der Waals surface area (Å²) >= 11 is 0. The molecule has 6 nitrogen and oxygen atoms in total. The number of carbonyl (C=O) groups is 1. The van der Waals surface area contributed by atoms with Crippen molar-refractivity contribution in [1.29, 1.82) is 0 Å². The summed E-state index contributed by atoms with van der Waals surface area (Å²) in [6, 6.07) is 6.75. The lowest BCUT2D eigenvalue weighted by Crippen LogP contribution is -2.53. The number of nitrogens with zero attached hydrogens (tertiary/aromatic N) is 1. The number of aryl methyl sites for hydroxylation is 1. The molecule has 0 atom stereocenters. The van der Waals surface area contributed by atoms with E-state index in [4.69, 9.17) is 9.15 Å². The Bertz CT molecular complexity index is 880. The van der Waals surface area contributed by atoms with Gasteiger partial charge < -0.3 is 19.4 Å². The zero-order chi connectivity index (χ0) is 20.1. The van der Waals surface area contributed by atoms with Gasteiger partial charge >= 0.3 is 5.63 Å². The summed E-state index contributed by atoms with van der Waals surface area (Å²) in [4.78, 5) is 26.2. The van der Waals surface area contributed by atoms with Crippen LogP contribution in [-0.2, 0) is 4.79 Å². The van der Waals surface area contributed by atoms with Gasteiger partial charge in [-0.3, -0.25) is 4.79 Å². The maximum atomic E-state index is 12.4. The molecule has 0 aliphatic heterocycles. The first-order chi connectivity index (χ1) is 13.4. The number of amides is 1. The van der Waals surface area contributed by atoms with E-state index in [9.17, 15) is 9.59 Å². The van der Waals surface area contributed by atoms with E-state index in [-0.39, 0.29) is 18.1 Å². The quantitative estimate of drug-likeness (QED) is 0.609. The van der Waals surface area contributed by atoms with Crippen LogP contribution in [0.5, 0.6) is 5.75 Å². The highest BCUT2D eigenvalue weighted by Crippen LogP contribution is 2.30. The third-order valence-corrected chi connectivity index (χ3v) is 5.89. The molecule has 0 unspecified atom stereocenters. The van der Waals surface area contributed by atoms with Crippen LogP contribution in [0, 0.1) is 6.92 Å². The fraction of sp³-hybridized carbons (Fsp3) is 0.545. The highest BCUT2D eigenvalue weighted by atomic mass is 16.5. The fourth-order valence-electron chi connectivity index (χ4n) is 4.03. The van der Waals surface area contributed by atoms with E-state index >= 15 is 0 Å². The predicted molar refractivity (Wildman–Crippen MR) is 110 cm³/mol. The Labute approximate surface area is 165 Å². The van der Waals surface area contributed by atoms with Gasteiger partial charge in [0, 0.05) is 29.6 Å². The van der Waals surface area contributed by atoms with Crippen molar-refractivity contribution in [2.45, 2.75) is 51.0 Å². The maximum absolute atomic E-state index is 12.4. The van der Waals surface area contributed by atoms with Gasteiger partial charge in [0.2, 0.25) is 0 Å². The van der Waals surface area contributed by atoms with Gasteiger partial charge in [-0.1, -0.05) is 25.7 Å². The monoisotopic (exact) mass is 386 g/mol. The Balaban J connectivity index is 1.59. The molecule has 3 rings (SSSR count). The summed E-state index contributed by atoms with van der Waals surface area (Å²) in [6.07, 6.45) is 7.14. The molecular formula is C22H30N2O4. The highest BCUT2D eigenvalue weighted by Gasteiger charge is 2.33. The van der Waals surface area contributed by atoms with Gasteiger partial charge in [-0.05, 0) is 51.6 Å². The lowest BCUT2D eigenvalue weighted by molar-refractivity contribution is -0.123. The Kier molecular flexibility index (Phi) is 6.39. The van der Waals surface area contributed by atoms with Gasteiger partial charge in [-0.25, -0.2) is 4.79 Å². The van der Waals surface area contributed by atoms with Crippen LogP contribution in [0.2, 0.25) is 0 Å². The smallest absolute Gasteiger partial charge is 0.336 e. The molecule has 1 fully saturated rings. The van der Waals surface area contributed by atoms with E-state index in [1.54, 1.807) is 12.1 Å². The van der Waals surface area contributed by atoms with Crippen molar-refractivity contribution < 1.29 is 13.9 Å². The number of hydrogen-bond acceptors (Lipinski definition) is 5. The Morgan fingerprint density at radius 2 is 1.89 bits per heavy atom. The van der Waals surface area contributed by atoms with Crippen LogP contribution < -0.4 is 15.7 Å². The molecule has 1 saturated carbocycles. The van der Waals surface area contributed by atoms with Crippen molar-refractivity contribution in [2.75, 3.05) is 27.2 Å². The van der Waals surface area contributed by atoms with Gasteiger partial charge in [0.25, 0.3) is 5.91 Å². The largest absolute Gasteiger partial charge is 0.484 e. The van der Waals surface area contributed by atoms with Gasteiger partial charge in [0.1, 0.15) is 11.3 Å². The van der Waals surface area contributed by atoms with Crippen LogP contribution in [0.3, 0.4) is 0 Å². The van der Waals surface area contributed by atoms with Crippen LogP contribution in [-0.4, -0.2) is 43.6 Å². The van der Waals surface area contributed by atoms with Crippen molar-refractivity contribution in [3.63, 3.8) is 0 Å². The molecule has 1 aromatic carbocycles. The Hall–Kier alpha value is -2.34. The van der Waals surface area contributed by atoms with E-state index in [0.717, 1.165) is 23.8 Å². The first-order valence-corrected chi connectivity index (χ1v) is 10.0. The minimum absolute atomic E-state index is 0.0239. The van der Waals surface area contributed by atoms with Crippen LogP contribution in [0.4, 0.5) is 0 Å². The summed E-state index contributed by atoms with van der Waals surface area (Å²) < 4.78 is 10.9. The van der Waals surface area contributed by atoms with E-state index in [2.05, 4.69) is 24.3 Å². The van der Waals surface area contributed by atoms with E-state index in [0.29, 0.717) is 17.9 Å². The average Bonchev–Trinajstić information content (AvgIpc) is 2.91. The first-order valence-electron chi connectivity index (χ1n) is 10.0. The van der Waals surface area contributed by atoms with Gasteiger partial charge in [-0.15, -0.1) is 0 Å². The van der Waals surface area contributed by atoms with Crippen molar-refractivity contribution in [2.24, 2.45) is 0 Å². The second-order valence-electron chi connectivity index (χ2n) is 8.00. The number of carbonyl (C=O) groups excluding carboxylic acids is 1. The zero-order valence-electron chi connectivity index (χ0n) is 17.0. The number of likely N-dealkylation sites (N-methyl/N-ethyl adjacent to an activating group) is 1. The minimum atomic E-state index is -0.391. The molecule has 1 aromatic heterocycles. The van der Waals surface area contributed by atoms with Crippen LogP contribution in [0.25, 0.3) is 11.0 Å². The van der Waals surface area contributed by atoms with E-state index in [1.165, 1.54) is 31.7 Å². The Morgan fingerprint density at radius 3 is 2.57 bits per heavy atom. The minimum Gasteiger partial charge on any atom is -0.484 e. The molecule has 6 heteroatoms. The number of nitrogens with one attached hydrogen (secondary N) is 1. The van der Waals surface area contributed by atoms with E-state index < -0.39 is 5.63 Å². The SMILES string of the molecule is Cc1cc(=O)oc2cc(OCC(=O)NCC3(N(C)C)CCCCCC3)ccc12. The molecule has 1 aliphatic carbocycles. The van der Waals surface area contributed by atoms with E-state index in [1.807, 2.05) is 13.0 Å². The Morgan fingerprint density at radius 1 is 1.18 bits per heavy atom. The summed E-state index contributed by atoms with van der Waals surface area (Å²) in [6.45, 7) is 2.43. The third kappa shape index (κ3) is 4.73. The third-order valence-electron chi connectivity index (χ3n) is 5.89. The molecule has 1 heterocycles. The molecular weight excluding hydrogens is 356 g/mol. The maximum Gasteiger partial charge on any atom is 0.336 e. The molecule has 1 aliphatic rings. The van der Waals surface area contributed by atoms with Crippen LogP contribution in [0.1, 0.15) is 44.1 Å². The van der Waals surface area contributed by atoms with Crippen molar-refractivity contribution >= 4 is 16.9 Å². The highest BCUT2D eigenvalue weighted by molar-refractivity contribution is 5.81. The predicted octanol–water partition coefficient (Wildman–Crippen LogP) is 3.25. The standard InChI is InChI=1S/C22H30N2O4/c1-16-12-21(26)28-19-13-17(8-9-18(16)19)27-14-20(25)23-15-22(24(2)3)10-6-4-5-7-11-22/h8-9,12-13H,4-7,10-11,14-15H2,1-3H3,(H,23,25). The summed E-state index contributed by atoms with van der Waals surface area (Å²) in [5.41, 5.74) is 0.953. The molecule has 1 amide bonds. The van der Waals surface area contributed by atoms with Gasteiger partial charge in [0.15, 0.2) is 6.61 Å². The summed E-state index contributed by atoms with van der Waals surface area (Å²) in [5.74, 6) is 0.365. The molecule has 0 radical (unpaired) electrons. The number of rotatable bonds is 6. The zero-order valence-corrected chi connectivity index (χ0v) is 17.0. The van der Waals surface area contributed by atoms with Crippen LogP contribution >= 0.6 is 0 Å². The molecule has 0 bridgehead atoms. The van der Waals surface area contributed by atoms with Crippen LogP contribution in [0.15, 0.2) is 33.5 Å². The van der Waals surface area contributed by atoms with Gasteiger partial charge in [0.05, 0.1) is 0 Å². The first kappa shape index (κ1) is 20.4. The lowest BCUT2D eigenvalue weighted by atomic mass is 9.88. The van der Waals surface area contributed by atoms with Crippen molar-refractivity contribution in [3.05, 3.63) is 40.2 Å². The van der Waals surface area contributed by atoms with Crippen molar-refractivity contribution in [3.8, 4) is 5.75 Å². The molecule has 1 N–H and O–H groups in total. The fourth-order valence-corrected chi connectivity index (χ4v) is 4.03. The summed E-state index contributed by atoms with van der Waals surface area (Å²) in [7, 11) is 4.19. The average molecular weight is 386 g/mol. The second-order valence-corrected chi connectivity index (χ2v) is 8.00.